The van der Waals surface area contributed by atoms with Gasteiger partial charge in [0.2, 0.25) is 0 Å². The minimum absolute atomic E-state index is 0.407. The van der Waals surface area contributed by atoms with Crippen molar-refractivity contribution in [2.75, 3.05) is 19.0 Å². The molecule has 6 heteroatoms. The van der Waals surface area contributed by atoms with Crippen LogP contribution in [0.1, 0.15) is 11.3 Å². The second kappa shape index (κ2) is 4.66. The molecule has 2 aromatic rings. The number of aromatic amines is 1. The van der Waals surface area contributed by atoms with E-state index in [0.717, 1.165) is 42.4 Å². The molecule has 3 heterocycles. The highest BCUT2D eigenvalue weighted by molar-refractivity contribution is 5.58. The van der Waals surface area contributed by atoms with Crippen LogP contribution in [0.4, 0.5) is 11.6 Å². The van der Waals surface area contributed by atoms with Gasteiger partial charge in [0.05, 0.1) is 12.8 Å². The number of nitrogens with zero attached hydrogens (tertiary/aromatic N) is 2. The molecule has 18 heavy (non-hydrogen) atoms. The van der Waals surface area contributed by atoms with Crippen molar-refractivity contribution in [3.8, 4) is 6.01 Å². The molecule has 0 unspecified atom stereocenters. The Labute approximate surface area is 105 Å². The van der Waals surface area contributed by atoms with Gasteiger partial charge in [-0.15, -0.1) is 0 Å². The van der Waals surface area contributed by atoms with Crippen LogP contribution in [0.2, 0.25) is 0 Å². The van der Waals surface area contributed by atoms with Crippen molar-refractivity contribution in [2.45, 2.75) is 13.0 Å². The van der Waals surface area contributed by atoms with Gasteiger partial charge in [-0.25, -0.2) is 0 Å². The van der Waals surface area contributed by atoms with Crippen molar-refractivity contribution >= 4 is 11.6 Å². The van der Waals surface area contributed by atoms with E-state index in [1.54, 1.807) is 7.11 Å². The van der Waals surface area contributed by atoms with Crippen molar-refractivity contribution in [3.63, 3.8) is 0 Å². The van der Waals surface area contributed by atoms with Crippen molar-refractivity contribution in [2.24, 2.45) is 0 Å². The molecule has 94 valence electrons. The fourth-order valence-electron chi connectivity index (χ4n) is 2.05. The zero-order valence-electron chi connectivity index (χ0n) is 10.2. The third-order valence-corrected chi connectivity index (χ3v) is 2.95. The van der Waals surface area contributed by atoms with Crippen LogP contribution in [0.25, 0.3) is 0 Å². The first-order chi connectivity index (χ1) is 8.86. The van der Waals surface area contributed by atoms with Gasteiger partial charge in [0.15, 0.2) is 0 Å². The van der Waals surface area contributed by atoms with Gasteiger partial charge in [-0.2, -0.15) is 9.97 Å². The number of methoxy groups -OCH3 is 1. The smallest absolute Gasteiger partial charge is 0.318 e. The van der Waals surface area contributed by atoms with E-state index in [1.165, 1.54) is 0 Å². The molecule has 2 aromatic heterocycles. The maximum atomic E-state index is 5.15. The summed E-state index contributed by atoms with van der Waals surface area (Å²) in [6.07, 6.45) is 2.76. The Kier molecular flexibility index (Phi) is 2.85. The summed E-state index contributed by atoms with van der Waals surface area (Å²) in [4.78, 5) is 11.9. The van der Waals surface area contributed by atoms with Crippen LogP contribution < -0.4 is 15.4 Å². The molecule has 0 bridgehead atoms. The average Bonchev–Trinajstić information content (AvgIpc) is 2.91. The molecular formula is C12H15N5O. The first-order valence-electron chi connectivity index (χ1n) is 5.92. The minimum Gasteiger partial charge on any atom is -0.467 e. The lowest BCUT2D eigenvalue weighted by Crippen LogP contribution is -2.26. The number of hydrogen-bond donors (Lipinski definition) is 3. The maximum Gasteiger partial charge on any atom is 0.318 e. The Morgan fingerprint density at radius 1 is 1.39 bits per heavy atom. The molecule has 1 aliphatic rings. The summed E-state index contributed by atoms with van der Waals surface area (Å²) in [7, 11) is 1.58. The number of hydrogen-bond acceptors (Lipinski definition) is 5. The SMILES string of the molecule is COc1nc2c(c(Nc3ccc[nH]3)n1)CNCC2. The topological polar surface area (TPSA) is 74.9 Å². The van der Waals surface area contributed by atoms with Gasteiger partial charge < -0.3 is 20.4 Å². The Bertz CT molecular complexity index is 538. The Morgan fingerprint density at radius 3 is 3.11 bits per heavy atom. The lowest BCUT2D eigenvalue weighted by molar-refractivity contribution is 0.377. The Balaban J connectivity index is 2.00. The lowest BCUT2D eigenvalue weighted by atomic mass is 10.1. The average molecular weight is 245 g/mol. The van der Waals surface area contributed by atoms with Gasteiger partial charge in [-0.05, 0) is 12.1 Å². The summed E-state index contributed by atoms with van der Waals surface area (Å²) in [5.74, 6) is 1.70. The van der Waals surface area contributed by atoms with Gasteiger partial charge >= 0.3 is 6.01 Å². The van der Waals surface area contributed by atoms with Gasteiger partial charge in [0, 0.05) is 31.3 Å². The predicted octanol–water partition coefficient (Wildman–Crippen LogP) is 1.20. The first-order valence-corrected chi connectivity index (χ1v) is 5.92. The number of aromatic nitrogens is 3. The Hall–Kier alpha value is -2.08. The highest BCUT2D eigenvalue weighted by Gasteiger charge is 2.18. The largest absolute Gasteiger partial charge is 0.467 e. The van der Waals surface area contributed by atoms with E-state index >= 15 is 0 Å². The van der Waals surface area contributed by atoms with E-state index in [2.05, 4.69) is 25.6 Å². The second-order valence-electron chi connectivity index (χ2n) is 4.12. The molecule has 3 N–H and O–H groups in total. The molecular weight excluding hydrogens is 230 g/mol. The van der Waals surface area contributed by atoms with Crippen LogP contribution >= 0.6 is 0 Å². The molecule has 0 radical (unpaired) electrons. The summed E-state index contributed by atoms with van der Waals surface area (Å²) < 4.78 is 5.15. The molecule has 6 nitrogen and oxygen atoms in total. The normalized spacial score (nSPS) is 14.1. The molecule has 0 aliphatic carbocycles. The van der Waals surface area contributed by atoms with Crippen LogP contribution in [0, 0.1) is 0 Å². The monoisotopic (exact) mass is 245 g/mol. The molecule has 0 spiro atoms. The molecule has 1 aliphatic heterocycles. The van der Waals surface area contributed by atoms with Gasteiger partial charge in [0.25, 0.3) is 0 Å². The third-order valence-electron chi connectivity index (χ3n) is 2.95. The van der Waals surface area contributed by atoms with E-state index in [4.69, 9.17) is 4.74 Å². The fraction of sp³-hybridized carbons (Fsp3) is 0.333. The third kappa shape index (κ3) is 2.02. The molecule has 0 aromatic carbocycles. The van der Waals surface area contributed by atoms with Gasteiger partial charge in [-0.3, -0.25) is 0 Å². The summed E-state index contributed by atoms with van der Waals surface area (Å²) >= 11 is 0. The summed E-state index contributed by atoms with van der Waals surface area (Å²) in [5.41, 5.74) is 2.16. The predicted molar refractivity (Wildman–Crippen MR) is 68.1 cm³/mol. The summed E-state index contributed by atoms with van der Waals surface area (Å²) in [5, 5.41) is 6.59. The molecule has 0 saturated heterocycles. The van der Waals surface area contributed by atoms with Crippen molar-refractivity contribution < 1.29 is 4.74 Å². The number of ether oxygens (including phenoxy) is 1. The molecule has 0 amide bonds. The first kappa shape index (κ1) is 11.0. The second-order valence-corrected chi connectivity index (χ2v) is 4.12. The van der Waals surface area contributed by atoms with E-state index in [9.17, 15) is 0 Å². The quantitative estimate of drug-likeness (QED) is 0.757. The summed E-state index contributed by atoms with van der Waals surface area (Å²) in [6, 6.07) is 4.30. The van der Waals surface area contributed by atoms with Crippen LogP contribution in [-0.4, -0.2) is 28.6 Å². The lowest BCUT2D eigenvalue weighted by Gasteiger charge is -2.19. The minimum atomic E-state index is 0.407. The maximum absolute atomic E-state index is 5.15. The van der Waals surface area contributed by atoms with Crippen LogP contribution in [0.15, 0.2) is 18.3 Å². The number of rotatable bonds is 3. The molecule has 3 rings (SSSR count). The van der Waals surface area contributed by atoms with Crippen molar-refractivity contribution in [1.82, 2.24) is 20.3 Å². The van der Waals surface area contributed by atoms with E-state index in [-0.39, 0.29) is 0 Å². The number of anilines is 2. The number of nitrogens with one attached hydrogen (secondary N) is 3. The van der Waals surface area contributed by atoms with Gasteiger partial charge in [-0.1, -0.05) is 0 Å². The zero-order valence-corrected chi connectivity index (χ0v) is 10.2. The summed E-state index contributed by atoms with van der Waals surface area (Å²) in [6.45, 7) is 1.72. The van der Waals surface area contributed by atoms with E-state index in [0.29, 0.717) is 6.01 Å². The standard InChI is InChI=1S/C12H15N5O/c1-18-12-15-9-4-6-13-7-8(9)11(17-12)16-10-3-2-5-14-10/h2-3,5,13-14H,4,6-7H2,1H3,(H,15,16,17). The van der Waals surface area contributed by atoms with E-state index < -0.39 is 0 Å². The van der Waals surface area contributed by atoms with Crippen LogP contribution in [0.3, 0.4) is 0 Å². The number of fused-ring (bicyclic) bond motifs is 1. The Morgan fingerprint density at radius 2 is 2.33 bits per heavy atom. The van der Waals surface area contributed by atoms with Gasteiger partial charge in [0.1, 0.15) is 11.6 Å². The van der Waals surface area contributed by atoms with Crippen LogP contribution in [0.5, 0.6) is 6.01 Å². The number of H-pyrrole nitrogens is 1. The molecule has 0 fully saturated rings. The zero-order chi connectivity index (χ0) is 12.4. The molecule has 0 saturated carbocycles. The highest BCUT2D eigenvalue weighted by atomic mass is 16.5. The van der Waals surface area contributed by atoms with Crippen LogP contribution in [-0.2, 0) is 13.0 Å². The van der Waals surface area contributed by atoms with Crippen molar-refractivity contribution in [1.29, 1.82) is 0 Å². The van der Waals surface area contributed by atoms with E-state index in [1.807, 2.05) is 18.3 Å². The highest BCUT2D eigenvalue weighted by Crippen LogP contribution is 2.24. The fourth-order valence-corrected chi connectivity index (χ4v) is 2.05. The molecule has 0 atom stereocenters. The van der Waals surface area contributed by atoms with Crippen molar-refractivity contribution in [3.05, 3.63) is 29.6 Å².